The van der Waals surface area contributed by atoms with Gasteiger partial charge in [-0.15, -0.1) is 0 Å². The Hall–Kier alpha value is -0.130. The van der Waals surface area contributed by atoms with Gasteiger partial charge < -0.3 is 10.1 Å². The third-order valence-electron chi connectivity index (χ3n) is 4.38. The van der Waals surface area contributed by atoms with E-state index in [1.54, 1.807) is 20.8 Å². The lowest BCUT2D eigenvalue weighted by molar-refractivity contribution is 0.0104. The van der Waals surface area contributed by atoms with Gasteiger partial charge in [-0.1, -0.05) is 0 Å². The highest BCUT2D eigenvalue weighted by Gasteiger charge is 2.37. The van der Waals surface area contributed by atoms with Crippen molar-refractivity contribution in [2.24, 2.45) is 5.41 Å². The summed E-state index contributed by atoms with van der Waals surface area (Å²) in [6.45, 7) is 14.1. The number of rotatable bonds is 5. The molecule has 0 saturated carbocycles. The zero-order valence-electron chi connectivity index (χ0n) is 14.6. The van der Waals surface area contributed by atoms with E-state index >= 15 is 0 Å². The van der Waals surface area contributed by atoms with Gasteiger partial charge in [0, 0.05) is 25.3 Å². The largest absolute Gasteiger partial charge is 0.381 e. The maximum atomic E-state index is 12.4. The van der Waals surface area contributed by atoms with Crippen molar-refractivity contribution in [3.05, 3.63) is 0 Å². The first-order valence-corrected chi connectivity index (χ1v) is 9.57. The Labute approximate surface area is 130 Å². The highest BCUT2D eigenvalue weighted by molar-refractivity contribution is 7.92. The molecule has 1 aliphatic heterocycles. The maximum Gasteiger partial charge on any atom is 0.155 e. The number of sulfone groups is 1. The molecule has 0 spiro atoms. The maximum absolute atomic E-state index is 12.4. The summed E-state index contributed by atoms with van der Waals surface area (Å²) >= 11 is 0. The van der Waals surface area contributed by atoms with Crippen LogP contribution in [0, 0.1) is 5.41 Å². The Morgan fingerprint density at radius 2 is 1.57 bits per heavy atom. The molecule has 1 N–H and O–H groups in total. The standard InChI is InChI=1S/C16H33NO3S/c1-14(2,3)17-13-16(7-10-20-11-8-16)9-12-21(18,19)15(4,5)6/h17H,7-13H2,1-6H3. The second-order valence-corrected chi connectivity index (χ2v) is 11.3. The first-order valence-electron chi connectivity index (χ1n) is 7.92. The molecule has 0 unspecified atom stereocenters. The van der Waals surface area contributed by atoms with E-state index in [2.05, 4.69) is 26.1 Å². The smallest absolute Gasteiger partial charge is 0.155 e. The molecule has 4 nitrogen and oxygen atoms in total. The number of hydrogen-bond donors (Lipinski definition) is 1. The Bertz CT molecular complexity index is 423. The third kappa shape index (κ3) is 5.87. The van der Waals surface area contributed by atoms with Gasteiger partial charge in [0.25, 0.3) is 0 Å². The molecule has 21 heavy (non-hydrogen) atoms. The minimum absolute atomic E-state index is 0.0455. The third-order valence-corrected chi connectivity index (χ3v) is 6.99. The molecular formula is C16H33NO3S. The van der Waals surface area contributed by atoms with E-state index in [4.69, 9.17) is 4.74 Å². The van der Waals surface area contributed by atoms with Crippen LogP contribution in [0.15, 0.2) is 0 Å². The van der Waals surface area contributed by atoms with Crippen LogP contribution in [0.2, 0.25) is 0 Å². The lowest BCUT2D eigenvalue weighted by atomic mass is 9.77. The molecule has 1 rings (SSSR count). The van der Waals surface area contributed by atoms with Crippen molar-refractivity contribution in [3.8, 4) is 0 Å². The van der Waals surface area contributed by atoms with E-state index in [0.29, 0.717) is 0 Å². The molecule has 5 heteroatoms. The summed E-state index contributed by atoms with van der Waals surface area (Å²) in [6, 6.07) is 0. The molecule has 1 heterocycles. The second kappa shape index (κ2) is 6.55. The highest BCUT2D eigenvalue weighted by atomic mass is 32.2. The Morgan fingerprint density at radius 3 is 2.00 bits per heavy atom. The summed E-state index contributed by atoms with van der Waals surface area (Å²) in [4.78, 5) is 0. The van der Waals surface area contributed by atoms with Crippen LogP contribution in [-0.2, 0) is 14.6 Å². The molecule has 0 aromatic rings. The number of nitrogens with one attached hydrogen (secondary N) is 1. The molecule has 0 radical (unpaired) electrons. The first-order chi connectivity index (χ1) is 9.37. The lowest BCUT2D eigenvalue weighted by Gasteiger charge is -2.40. The molecule has 0 amide bonds. The van der Waals surface area contributed by atoms with E-state index < -0.39 is 14.6 Å². The fraction of sp³-hybridized carbons (Fsp3) is 1.00. The van der Waals surface area contributed by atoms with Crippen molar-refractivity contribution in [2.45, 2.75) is 71.1 Å². The summed E-state index contributed by atoms with van der Waals surface area (Å²) in [7, 11) is -3.06. The molecule has 1 fully saturated rings. The van der Waals surface area contributed by atoms with Gasteiger partial charge >= 0.3 is 0 Å². The minimum atomic E-state index is -3.06. The van der Waals surface area contributed by atoms with Crippen LogP contribution in [0.5, 0.6) is 0 Å². The van der Waals surface area contributed by atoms with Crippen molar-refractivity contribution in [3.63, 3.8) is 0 Å². The SMILES string of the molecule is CC(C)(C)NCC1(CCS(=O)(=O)C(C)(C)C)CCOCC1. The van der Waals surface area contributed by atoms with Crippen LogP contribution in [0.1, 0.15) is 60.8 Å². The van der Waals surface area contributed by atoms with Gasteiger partial charge in [0.2, 0.25) is 0 Å². The van der Waals surface area contributed by atoms with E-state index in [1.807, 2.05) is 0 Å². The molecule has 1 saturated heterocycles. The number of hydrogen-bond acceptors (Lipinski definition) is 4. The monoisotopic (exact) mass is 319 g/mol. The minimum Gasteiger partial charge on any atom is -0.381 e. The number of ether oxygens (including phenoxy) is 1. The van der Waals surface area contributed by atoms with E-state index in [0.717, 1.165) is 39.0 Å². The van der Waals surface area contributed by atoms with Gasteiger partial charge in [-0.05, 0) is 66.2 Å². The molecular weight excluding hydrogens is 286 g/mol. The zero-order chi connectivity index (χ0) is 16.4. The van der Waals surface area contributed by atoms with Crippen molar-refractivity contribution in [1.29, 1.82) is 0 Å². The fourth-order valence-electron chi connectivity index (χ4n) is 2.43. The predicted molar refractivity (Wildman–Crippen MR) is 88.4 cm³/mol. The van der Waals surface area contributed by atoms with Crippen LogP contribution in [0.25, 0.3) is 0 Å². The summed E-state index contributed by atoms with van der Waals surface area (Å²) in [6.07, 6.45) is 2.60. The quantitative estimate of drug-likeness (QED) is 0.846. The Kier molecular flexibility index (Phi) is 5.90. The van der Waals surface area contributed by atoms with E-state index in [1.165, 1.54) is 0 Å². The average Bonchev–Trinajstić information content (AvgIpc) is 2.33. The fourth-order valence-corrected chi connectivity index (χ4v) is 3.74. The Balaban J connectivity index is 2.75. The predicted octanol–water partition coefficient (Wildman–Crippen LogP) is 2.77. The van der Waals surface area contributed by atoms with Gasteiger partial charge in [-0.3, -0.25) is 0 Å². The summed E-state index contributed by atoms with van der Waals surface area (Å²) in [5.41, 5.74) is 0.0953. The van der Waals surface area contributed by atoms with Crippen LogP contribution >= 0.6 is 0 Å². The van der Waals surface area contributed by atoms with Gasteiger partial charge in [0.1, 0.15) is 0 Å². The normalized spacial score (nSPS) is 20.5. The summed E-state index contributed by atoms with van der Waals surface area (Å²) in [5, 5.41) is 3.56. The molecule has 1 aliphatic rings. The van der Waals surface area contributed by atoms with Crippen molar-refractivity contribution < 1.29 is 13.2 Å². The molecule has 0 aromatic heterocycles. The van der Waals surface area contributed by atoms with Gasteiger partial charge in [-0.25, -0.2) is 8.42 Å². The lowest BCUT2D eigenvalue weighted by Crippen LogP contribution is -2.47. The van der Waals surface area contributed by atoms with Crippen LogP contribution < -0.4 is 5.32 Å². The van der Waals surface area contributed by atoms with E-state index in [-0.39, 0.29) is 16.7 Å². The zero-order valence-corrected chi connectivity index (χ0v) is 15.4. The summed E-state index contributed by atoms with van der Waals surface area (Å²) < 4.78 is 29.6. The summed E-state index contributed by atoms with van der Waals surface area (Å²) in [5.74, 6) is 0.266. The van der Waals surface area contributed by atoms with Gasteiger partial charge in [0.15, 0.2) is 9.84 Å². The topological polar surface area (TPSA) is 55.4 Å². The van der Waals surface area contributed by atoms with Crippen LogP contribution in [-0.4, -0.2) is 44.2 Å². The van der Waals surface area contributed by atoms with Crippen molar-refractivity contribution >= 4 is 9.84 Å². The Morgan fingerprint density at radius 1 is 1.05 bits per heavy atom. The molecule has 0 atom stereocenters. The first kappa shape index (κ1) is 18.9. The molecule has 0 bridgehead atoms. The molecule has 126 valence electrons. The molecule has 0 aromatic carbocycles. The highest BCUT2D eigenvalue weighted by Crippen LogP contribution is 2.35. The molecule has 0 aliphatic carbocycles. The van der Waals surface area contributed by atoms with Gasteiger partial charge in [-0.2, -0.15) is 0 Å². The average molecular weight is 320 g/mol. The second-order valence-electron chi connectivity index (χ2n) is 8.40. The van der Waals surface area contributed by atoms with Crippen LogP contribution in [0.4, 0.5) is 0 Å². The van der Waals surface area contributed by atoms with E-state index in [9.17, 15) is 8.42 Å². The van der Waals surface area contributed by atoms with Gasteiger partial charge in [0.05, 0.1) is 10.5 Å². The van der Waals surface area contributed by atoms with Crippen molar-refractivity contribution in [1.82, 2.24) is 5.32 Å². The van der Waals surface area contributed by atoms with Crippen LogP contribution in [0.3, 0.4) is 0 Å². The van der Waals surface area contributed by atoms with Crippen molar-refractivity contribution in [2.75, 3.05) is 25.5 Å².